The quantitative estimate of drug-likeness (QED) is 0.491. The first-order valence-electron chi connectivity index (χ1n) is 6.87. The molecule has 23 heavy (non-hydrogen) atoms. The second kappa shape index (κ2) is 7.26. The summed E-state index contributed by atoms with van der Waals surface area (Å²) in [6.45, 7) is 4.74. The minimum atomic E-state index is -0.895. The number of aliphatic imine (C=N–C) groups is 1. The Morgan fingerprint density at radius 1 is 1.39 bits per heavy atom. The number of carbonyl (C=O) groups is 2. The first kappa shape index (κ1) is 17.0. The molecular formula is C15H17ClN4O3. The number of nitrogens with zero attached hydrogens (tertiary/aromatic N) is 2. The minimum Gasteiger partial charge on any atom is -0.383 e. The maximum absolute atomic E-state index is 12.0. The number of carbonyl (C=O) groups excluding carboxylic acids is 2. The van der Waals surface area contributed by atoms with Crippen LogP contribution < -0.4 is 11.5 Å². The number of hydrogen-bond donors (Lipinski definition) is 2. The average molecular weight is 337 g/mol. The molecule has 1 aromatic rings. The Hall–Kier alpha value is -2.38. The molecule has 1 aromatic carbocycles. The summed E-state index contributed by atoms with van der Waals surface area (Å²) in [5.41, 5.74) is 11.9. The lowest BCUT2D eigenvalue weighted by Gasteiger charge is -2.35. The van der Waals surface area contributed by atoms with E-state index in [1.165, 1.54) is 6.08 Å². The molecule has 0 saturated carbocycles. The fraction of sp³-hybridized carbons (Fsp3) is 0.267. The van der Waals surface area contributed by atoms with E-state index in [9.17, 15) is 9.59 Å². The predicted molar refractivity (Wildman–Crippen MR) is 87.2 cm³/mol. The summed E-state index contributed by atoms with van der Waals surface area (Å²) in [6.07, 6.45) is 1.26. The molecule has 2 rings (SSSR count). The SMILES string of the molecule is C=CC(=O)N1CCOC[C@H]1c1cc(Cl)cc(/C(N)=N/C(N)=O)c1. The number of primary amides is 1. The van der Waals surface area contributed by atoms with Gasteiger partial charge in [0.25, 0.3) is 0 Å². The van der Waals surface area contributed by atoms with Crippen LogP contribution in [0.4, 0.5) is 4.79 Å². The van der Waals surface area contributed by atoms with Gasteiger partial charge in [0.15, 0.2) is 0 Å². The van der Waals surface area contributed by atoms with Gasteiger partial charge in [0, 0.05) is 17.1 Å². The summed E-state index contributed by atoms with van der Waals surface area (Å²) >= 11 is 6.12. The molecule has 4 N–H and O–H groups in total. The second-order valence-electron chi connectivity index (χ2n) is 4.93. The van der Waals surface area contributed by atoms with Gasteiger partial charge in [-0.25, -0.2) is 4.79 Å². The number of morpholine rings is 1. The Labute approximate surface area is 138 Å². The van der Waals surface area contributed by atoms with Crippen LogP contribution in [0.15, 0.2) is 35.8 Å². The lowest BCUT2D eigenvalue weighted by molar-refractivity contribution is -0.134. The summed E-state index contributed by atoms with van der Waals surface area (Å²) in [5.74, 6) is -0.238. The molecule has 1 saturated heterocycles. The number of urea groups is 1. The highest BCUT2D eigenvalue weighted by atomic mass is 35.5. The third kappa shape index (κ3) is 4.08. The van der Waals surface area contributed by atoms with Crippen LogP contribution in [0, 0.1) is 0 Å². The standard InChI is InChI=1S/C15H17ClN4O3/c1-2-13(21)20-3-4-23-8-12(20)9-5-10(7-11(16)6-9)14(17)19-15(18)22/h2,5-7,12H,1,3-4,8H2,(H4,17,18,19,22)/t12-/m0/s1. The van der Waals surface area contributed by atoms with Gasteiger partial charge in [-0.3, -0.25) is 4.79 Å². The van der Waals surface area contributed by atoms with Crippen LogP contribution in [0.1, 0.15) is 17.2 Å². The van der Waals surface area contributed by atoms with Gasteiger partial charge in [0.05, 0.1) is 19.3 Å². The number of amidine groups is 1. The molecule has 0 unspecified atom stereocenters. The number of amides is 3. The van der Waals surface area contributed by atoms with Crippen molar-refractivity contribution in [2.75, 3.05) is 19.8 Å². The van der Waals surface area contributed by atoms with Crippen LogP contribution >= 0.6 is 11.6 Å². The van der Waals surface area contributed by atoms with Gasteiger partial charge in [-0.05, 0) is 29.8 Å². The molecule has 8 heteroatoms. The number of benzene rings is 1. The van der Waals surface area contributed by atoms with Crippen molar-refractivity contribution in [3.8, 4) is 0 Å². The highest BCUT2D eigenvalue weighted by Crippen LogP contribution is 2.28. The van der Waals surface area contributed by atoms with Crippen molar-refractivity contribution in [2.45, 2.75) is 6.04 Å². The van der Waals surface area contributed by atoms with E-state index in [4.69, 9.17) is 27.8 Å². The summed E-state index contributed by atoms with van der Waals surface area (Å²) in [6, 6.07) is 3.76. The molecule has 0 radical (unpaired) electrons. The van der Waals surface area contributed by atoms with E-state index in [0.717, 1.165) is 5.56 Å². The molecule has 122 valence electrons. The molecule has 3 amide bonds. The zero-order chi connectivity index (χ0) is 17.0. The number of nitrogens with two attached hydrogens (primary N) is 2. The number of halogens is 1. The van der Waals surface area contributed by atoms with Crippen molar-refractivity contribution in [3.63, 3.8) is 0 Å². The van der Waals surface area contributed by atoms with E-state index in [-0.39, 0.29) is 17.8 Å². The van der Waals surface area contributed by atoms with E-state index in [0.29, 0.717) is 30.3 Å². The lowest BCUT2D eigenvalue weighted by atomic mass is 10.0. The summed E-state index contributed by atoms with van der Waals surface area (Å²) < 4.78 is 5.46. The first-order chi connectivity index (χ1) is 10.9. The Morgan fingerprint density at radius 3 is 2.78 bits per heavy atom. The van der Waals surface area contributed by atoms with E-state index >= 15 is 0 Å². The van der Waals surface area contributed by atoms with Gasteiger partial charge in [0.1, 0.15) is 5.84 Å². The van der Waals surface area contributed by atoms with Crippen molar-refractivity contribution < 1.29 is 14.3 Å². The van der Waals surface area contributed by atoms with Crippen molar-refractivity contribution in [2.24, 2.45) is 16.5 Å². The van der Waals surface area contributed by atoms with Gasteiger partial charge >= 0.3 is 6.03 Å². The van der Waals surface area contributed by atoms with Gasteiger partial charge in [-0.1, -0.05) is 18.2 Å². The van der Waals surface area contributed by atoms with Crippen molar-refractivity contribution in [1.82, 2.24) is 4.90 Å². The van der Waals surface area contributed by atoms with Gasteiger partial charge < -0.3 is 21.1 Å². The maximum Gasteiger partial charge on any atom is 0.340 e. The molecule has 1 fully saturated rings. The van der Waals surface area contributed by atoms with Gasteiger partial charge in [-0.15, -0.1) is 0 Å². The van der Waals surface area contributed by atoms with Crippen LogP contribution in [-0.2, 0) is 9.53 Å². The van der Waals surface area contributed by atoms with E-state index in [1.807, 2.05) is 0 Å². The number of ether oxygens (including phenoxy) is 1. The predicted octanol–water partition coefficient (Wildman–Crippen LogP) is 1.21. The third-order valence-corrected chi connectivity index (χ3v) is 3.64. The van der Waals surface area contributed by atoms with Crippen LogP contribution in [0.2, 0.25) is 5.02 Å². The minimum absolute atomic E-state index is 0.0421. The van der Waals surface area contributed by atoms with Crippen LogP contribution in [0.3, 0.4) is 0 Å². The molecule has 1 heterocycles. The molecule has 1 atom stereocenters. The van der Waals surface area contributed by atoms with Crippen LogP contribution in [0.5, 0.6) is 0 Å². The average Bonchev–Trinajstić information content (AvgIpc) is 2.53. The normalized spacial score (nSPS) is 18.6. The molecule has 0 aromatic heterocycles. The zero-order valence-electron chi connectivity index (χ0n) is 12.4. The summed E-state index contributed by atoms with van der Waals surface area (Å²) in [4.78, 5) is 28.0. The number of rotatable bonds is 3. The van der Waals surface area contributed by atoms with E-state index in [1.54, 1.807) is 23.1 Å². The second-order valence-corrected chi connectivity index (χ2v) is 5.37. The largest absolute Gasteiger partial charge is 0.383 e. The maximum atomic E-state index is 12.0. The fourth-order valence-corrected chi connectivity index (χ4v) is 2.64. The van der Waals surface area contributed by atoms with Crippen molar-refractivity contribution in [1.29, 1.82) is 0 Å². The Morgan fingerprint density at radius 2 is 2.13 bits per heavy atom. The monoisotopic (exact) mass is 336 g/mol. The Balaban J connectivity index is 2.41. The Kier molecular flexibility index (Phi) is 5.36. The van der Waals surface area contributed by atoms with E-state index in [2.05, 4.69) is 11.6 Å². The molecule has 0 spiro atoms. The molecule has 0 bridgehead atoms. The highest BCUT2D eigenvalue weighted by molar-refractivity contribution is 6.31. The number of hydrogen-bond acceptors (Lipinski definition) is 3. The topological polar surface area (TPSA) is 111 Å². The highest BCUT2D eigenvalue weighted by Gasteiger charge is 2.28. The smallest absolute Gasteiger partial charge is 0.340 e. The van der Waals surface area contributed by atoms with E-state index < -0.39 is 6.03 Å². The van der Waals surface area contributed by atoms with Crippen molar-refractivity contribution >= 4 is 29.4 Å². The summed E-state index contributed by atoms with van der Waals surface area (Å²) in [7, 11) is 0. The van der Waals surface area contributed by atoms with Crippen molar-refractivity contribution in [3.05, 3.63) is 47.0 Å². The fourth-order valence-electron chi connectivity index (χ4n) is 2.40. The van der Waals surface area contributed by atoms with Crippen LogP contribution in [0.25, 0.3) is 0 Å². The first-order valence-corrected chi connectivity index (χ1v) is 7.25. The van der Waals surface area contributed by atoms with Crippen LogP contribution in [-0.4, -0.2) is 42.4 Å². The zero-order valence-corrected chi connectivity index (χ0v) is 13.1. The third-order valence-electron chi connectivity index (χ3n) is 3.42. The molecule has 1 aliphatic heterocycles. The lowest BCUT2D eigenvalue weighted by Crippen LogP contribution is -2.42. The molecule has 1 aliphatic rings. The summed E-state index contributed by atoms with van der Waals surface area (Å²) in [5, 5.41) is 0.400. The van der Waals surface area contributed by atoms with Gasteiger partial charge in [0.2, 0.25) is 5.91 Å². The van der Waals surface area contributed by atoms with Gasteiger partial charge in [-0.2, -0.15) is 4.99 Å². The molecule has 0 aliphatic carbocycles. The Bertz CT molecular complexity index is 675. The molecular weight excluding hydrogens is 320 g/mol. The molecule has 7 nitrogen and oxygen atoms in total.